The van der Waals surface area contributed by atoms with Crippen LogP contribution in [0.15, 0.2) is 78.9 Å². The number of aryl methyl sites for hydroxylation is 1. The topological polar surface area (TPSA) is 32.8 Å². The molecule has 2 aliphatic rings. The lowest BCUT2D eigenvalue weighted by Crippen LogP contribution is -2.49. The van der Waals surface area contributed by atoms with Gasteiger partial charge in [-0.2, -0.15) is 0 Å². The van der Waals surface area contributed by atoms with Gasteiger partial charge in [-0.25, -0.2) is 0 Å². The first-order valence-electron chi connectivity index (χ1n) is 12.9. The van der Waals surface area contributed by atoms with Gasteiger partial charge in [0.2, 0.25) is 5.91 Å². The molecule has 2 fully saturated rings. The number of methoxy groups -OCH3 is 1. The quantitative estimate of drug-likeness (QED) is 0.467. The minimum absolute atomic E-state index is 0.111. The van der Waals surface area contributed by atoms with E-state index in [0.29, 0.717) is 17.9 Å². The standard InChI is InChI=1S/C31H36N2O2/c1-3-23-12-14-26(15-13-23)28-20-33(30-16-17-32(21-29(28)30)31(34)22-35-2)19-24-8-7-11-27(18-24)25-9-5-4-6-10-25/h4-15,18,28-30H,3,16-17,19-22H2,1-2H3/t28-,29-,30-/m1/s1. The zero-order valence-electron chi connectivity index (χ0n) is 20.9. The van der Waals surface area contributed by atoms with Crippen molar-refractivity contribution in [2.24, 2.45) is 5.92 Å². The van der Waals surface area contributed by atoms with Gasteiger partial charge >= 0.3 is 0 Å². The molecule has 0 aliphatic carbocycles. The number of benzene rings is 3. The minimum Gasteiger partial charge on any atom is -0.375 e. The Kier molecular flexibility index (Phi) is 7.31. The van der Waals surface area contributed by atoms with Crippen molar-refractivity contribution in [1.29, 1.82) is 0 Å². The predicted octanol–water partition coefficient (Wildman–Crippen LogP) is 5.38. The molecule has 2 heterocycles. The molecule has 2 saturated heterocycles. The second-order valence-corrected chi connectivity index (χ2v) is 9.99. The lowest BCUT2D eigenvalue weighted by atomic mass is 9.81. The summed E-state index contributed by atoms with van der Waals surface area (Å²) < 4.78 is 5.15. The van der Waals surface area contributed by atoms with E-state index in [0.717, 1.165) is 39.0 Å². The van der Waals surface area contributed by atoms with Crippen molar-refractivity contribution >= 4 is 5.91 Å². The van der Waals surface area contributed by atoms with Gasteiger partial charge in [0.05, 0.1) is 0 Å². The van der Waals surface area contributed by atoms with Gasteiger partial charge in [0.25, 0.3) is 0 Å². The third-order valence-electron chi connectivity index (χ3n) is 7.89. The molecule has 0 unspecified atom stereocenters. The monoisotopic (exact) mass is 468 g/mol. The van der Waals surface area contributed by atoms with Crippen molar-refractivity contribution in [2.45, 2.75) is 38.3 Å². The fourth-order valence-corrected chi connectivity index (χ4v) is 6.03. The average Bonchev–Trinajstić information content (AvgIpc) is 3.27. The largest absolute Gasteiger partial charge is 0.375 e. The van der Waals surface area contributed by atoms with E-state index >= 15 is 0 Å². The Hall–Kier alpha value is -2.95. The molecule has 5 rings (SSSR count). The smallest absolute Gasteiger partial charge is 0.248 e. The van der Waals surface area contributed by atoms with Crippen LogP contribution >= 0.6 is 0 Å². The first-order chi connectivity index (χ1) is 17.2. The van der Waals surface area contributed by atoms with Gasteiger partial charge in [0.1, 0.15) is 6.61 Å². The van der Waals surface area contributed by atoms with Crippen LogP contribution in [0, 0.1) is 5.92 Å². The Balaban J connectivity index is 1.39. The Morgan fingerprint density at radius 2 is 1.69 bits per heavy atom. The van der Waals surface area contributed by atoms with E-state index in [1.54, 1.807) is 7.11 Å². The number of piperidine rings is 1. The molecule has 4 heteroatoms. The number of hydrogen-bond donors (Lipinski definition) is 0. The molecule has 0 N–H and O–H groups in total. The summed E-state index contributed by atoms with van der Waals surface area (Å²) in [4.78, 5) is 17.3. The highest BCUT2D eigenvalue weighted by atomic mass is 16.5. The summed E-state index contributed by atoms with van der Waals surface area (Å²) in [5.41, 5.74) is 6.65. The number of carbonyl (C=O) groups is 1. The molecule has 0 bridgehead atoms. The molecule has 3 aromatic rings. The van der Waals surface area contributed by atoms with Gasteiger partial charge < -0.3 is 9.64 Å². The van der Waals surface area contributed by atoms with E-state index in [-0.39, 0.29) is 12.5 Å². The number of rotatable bonds is 7. The highest BCUT2D eigenvalue weighted by Gasteiger charge is 2.45. The number of hydrogen-bond acceptors (Lipinski definition) is 3. The van der Waals surface area contributed by atoms with Crippen molar-refractivity contribution in [3.8, 4) is 11.1 Å². The maximum Gasteiger partial charge on any atom is 0.248 e. The van der Waals surface area contributed by atoms with E-state index in [9.17, 15) is 4.79 Å². The fraction of sp³-hybridized carbons (Fsp3) is 0.387. The fourth-order valence-electron chi connectivity index (χ4n) is 6.03. The molecule has 0 spiro atoms. The van der Waals surface area contributed by atoms with Gasteiger partial charge in [-0.05, 0) is 46.7 Å². The molecule has 2 aliphatic heterocycles. The first kappa shape index (κ1) is 23.8. The van der Waals surface area contributed by atoms with Gasteiger partial charge in [-0.1, -0.05) is 79.7 Å². The first-order valence-corrected chi connectivity index (χ1v) is 12.9. The van der Waals surface area contributed by atoms with Crippen molar-refractivity contribution < 1.29 is 9.53 Å². The second-order valence-electron chi connectivity index (χ2n) is 9.99. The van der Waals surface area contributed by atoms with Crippen LogP contribution < -0.4 is 0 Å². The normalized spacial score (nSPS) is 22.2. The van der Waals surface area contributed by atoms with Gasteiger partial charge in [-0.15, -0.1) is 0 Å². The van der Waals surface area contributed by atoms with E-state index in [2.05, 4.69) is 90.7 Å². The molecule has 3 atom stereocenters. The van der Waals surface area contributed by atoms with Crippen LogP contribution in [-0.4, -0.2) is 55.1 Å². The van der Waals surface area contributed by atoms with E-state index in [1.165, 1.54) is 27.8 Å². The molecule has 4 nitrogen and oxygen atoms in total. The molecular formula is C31H36N2O2. The van der Waals surface area contributed by atoms with Crippen LogP contribution in [0.25, 0.3) is 11.1 Å². The van der Waals surface area contributed by atoms with Crippen molar-refractivity contribution in [1.82, 2.24) is 9.80 Å². The zero-order chi connectivity index (χ0) is 24.2. The molecule has 0 saturated carbocycles. The van der Waals surface area contributed by atoms with Gasteiger partial charge in [0, 0.05) is 51.2 Å². The number of ether oxygens (including phenoxy) is 1. The van der Waals surface area contributed by atoms with E-state index in [1.807, 2.05) is 4.90 Å². The van der Waals surface area contributed by atoms with E-state index in [4.69, 9.17) is 4.74 Å². The summed E-state index contributed by atoms with van der Waals surface area (Å²) in [5.74, 6) is 0.982. The highest BCUT2D eigenvalue weighted by molar-refractivity contribution is 5.77. The highest BCUT2D eigenvalue weighted by Crippen LogP contribution is 2.42. The van der Waals surface area contributed by atoms with Crippen LogP contribution in [-0.2, 0) is 22.5 Å². The van der Waals surface area contributed by atoms with Crippen LogP contribution in [0.1, 0.15) is 36.0 Å². The van der Waals surface area contributed by atoms with Crippen LogP contribution in [0.5, 0.6) is 0 Å². The number of carbonyl (C=O) groups excluding carboxylic acids is 1. The molecular weight excluding hydrogens is 432 g/mol. The van der Waals surface area contributed by atoms with Crippen LogP contribution in [0.2, 0.25) is 0 Å². The third-order valence-corrected chi connectivity index (χ3v) is 7.89. The number of amides is 1. The Labute approximate surface area is 209 Å². The molecule has 1 amide bonds. The van der Waals surface area contributed by atoms with Crippen LogP contribution in [0.3, 0.4) is 0 Å². The summed E-state index contributed by atoms with van der Waals surface area (Å²) in [7, 11) is 1.60. The summed E-state index contributed by atoms with van der Waals surface area (Å²) in [6, 6.07) is 29.2. The average molecular weight is 469 g/mol. The summed E-state index contributed by atoms with van der Waals surface area (Å²) in [6.45, 7) is 5.97. The maximum atomic E-state index is 12.6. The number of nitrogens with zero attached hydrogens (tertiary/aromatic N) is 2. The molecule has 182 valence electrons. The summed E-state index contributed by atoms with van der Waals surface area (Å²) in [6.07, 6.45) is 2.07. The number of likely N-dealkylation sites (tertiary alicyclic amines) is 2. The van der Waals surface area contributed by atoms with Crippen LogP contribution in [0.4, 0.5) is 0 Å². The second kappa shape index (κ2) is 10.8. The number of fused-ring (bicyclic) bond motifs is 1. The lowest BCUT2D eigenvalue weighted by molar-refractivity contribution is -0.137. The third kappa shape index (κ3) is 5.19. The molecule has 0 aromatic heterocycles. The summed E-state index contributed by atoms with van der Waals surface area (Å²) >= 11 is 0. The Bertz CT molecular complexity index is 1130. The van der Waals surface area contributed by atoms with E-state index < -0.39 is 0 Å². The van der Waals surface area contributed by atoms with Crippen molar-refractivity contribution in [2.75, 3.05) is 33.4 Å². The molecule has 3 aromatic carbocycles. The SMILES string of the molecule is CCc1ccc([C@H]2CN(Cc3cccc(-c4ccccc4)c3)[C@@H]3CCN(C(=O)COC)C[C@H]23)cc1. The minimum atomic E-state index is 0.111. The lowest BCUT2D eigenvalue weighted by Gasteiger charge is -2.39. The summed E-state index contributed by atoms with van der Waals surface area (Å²) in [5, 5.41) is 0. The molecule has 0 radical (unpaired) electrons. The van der Waals surface area contributed by atoms with Gasteiger partial charge in [-0.3, -0.25) is 9.69 Å². The Morgan fingerprint density at radius 3 is 2.43 bits per heavy atom. The van der Waals surface area contributed by atoms with Crippen molar-refractivity contribution in [3.05, 3.63) is 95.6 Å². The van der Waals surface area contributed by atoms with Gasteiger partial charge in [0.15, 0.2) is 0 Å². The maximum absolute atomic E-state index is 12.6. The Morgan fingerprint density at radius 1 is 0.914 bits per heavy atom. The van der Waals surface area contributed by atoms with Crippen molar-refractivity contribution in [3.63, 3.8) is 0 Å². The predicted molar refractivity (Wildman–Crippen MR) is 141 cm³/mol. The molecule has 35 heavy (non-hydrogen) atoms. The zero-order valence-corrected chi connectivity index (χ0v) is 20.9.